The quantitative estimate of drug-likeness (QED) is 0.177. The zero-order chi connectivity index (χ0) is 30.6. The number of anilines is 1. The summed E-state index contributed by atoms with van der Waals surface area (Å²) in [5, 5.41) is 0. The predicted molar refractivity (Wildman–Crippen MR) is 158 cm³/mol. The number of halogens is 4. The van der Waals surface area contributed by atoms with E-state index in [1.807, 2.05) is 54.6 Å². The second kappa shape index (κ2) is 12.5. The number of rotatable bonds is 5. The Balaban J connectivity index is 1.49. The van der Waals surface area contributed by atoms with Gasteiger partial charge >= 0.3 is 12.2 Å². The van der Waals surface area contributed by atoms with E-state index in [0.717, 1.165) is 17.2 Å². The fourth-order valence-electron chi connectivity index (χ4n) is 5.24. The smallest absolute Gasteiger partial charge is 0.326 e. The Bertz CT molecular complexity index is 1620. The number of carbonyl (C=O) groups is 2. The monoisotopic (exact) mass is 587 g/mol. The van der Waals surface area contributed by atoms with Crippen LogP contribution in [0.1, 0.15) is 22.7 Å². The molecule has 3 amide bonds. The first kappa shape index (κ1) is 29.6. The van der Waals surface area contributed by atoms with Crippen LogP contribution in [0, 0.1) is 5.82 Å². The lowest BCUT2D eigenvalue weighted by atomic mass is 9.96. The number of benzene rings is 4. The molecule has 0 spiro atoms. The summed E-state index contributed by atoms with van der Waals surface area (Å²) in [5.41, 5.74) is 1.97. The van der Waals surface area contributed by atoms with E-state index in [0.29, 0.717) is 11.3 Å². The molecule has 220 valence electrons. The van der Waals surface area contributed by atoms with Crippen LogP contribution in [0.2, 0.25) is 0 Å². The van der Waals surface area contributed by atoms with E-state index in [1.165, 1.54) is 63.2 Å². The van der Waals surface area contributed by atoms with Crippen LogP contribution in [-0.2, 0) is 17.5 Å². The van der Waals surface area contributed by atoms with Crippen molar-refractivity contribution in [2.45, 2.75) is 18.8 Å². The zero-order valence-corrected chi connectivity index (χ0v) is 23.3. The summed E-state index contributed by atoms with van der Waals surface area (Å²) in [6.07, 6.45) is -1.52. The van der Waals surface area contributed by atoms with Crippen molar-refractivity contribution in [1.29, 1.82) is 0 Å². The summed E-state index contributed by atoms with van der Waals surface area (Å²) in [4.78, 5) is 31.8. The average molecular weight is 588 g/mol. The average Bonchev–Trinajstić information content (AvgIpc) is 3.01. The minimum absolute atomic E-state index is 0.0114. The molecule has 0 fully saturated rings. The van der Waals surface area contributed by atoms with Crippen molar-refractivity contribution < 1.29 is 27.2 Å². The van der Waals surface area contributed by atoms with Gasteiger partial charge in [0, 0.05) is 25.7 Å². The van der Waals surface area contributed by atoms with Crippen LogP contribution in [0.4, 0.5) is 28.0 Å². The van der Waals surface area contributed by atoms with Gasteiger partial charge in [-0.3, -0.25) is 9.69 Å². The third-order valence-corrected chi connectivity index (χ3v) is 7.39. The molecule has 4 aromatic rings. The molecule has 0 N–H and O–H groups in total. The first-order valence-electron chi connectivity index (χ1n) is 13.7. The fourth-order valence-corrected chi connectivity index (χ4v) is 5.24. The maximum atomic E-state index is 14.0. The minimum atomic E-state index is -4.64. The molecule has 1 atom stereocenters. The predicted octanol–water partition coefficient (Wildman–Crippen LogP) is 7.71. The van der Waals surface area contributed by atoms with Crippen LogP contribution in [0.5, 0.6) is 0 Å². The fraction of sp³-hybridized carbons (Fsp3) is 0.176. The number of hydrogen-bond donors (Lipinski definition) is 0. The molecule has 5 nitrogen and oxygen atoms in total. The highest BCUT2D eigenvalue weighted by molar-refractivity contribution is 5.98. The number of para-hydroxylation sites is 1. The largest absolute Gasteiger partial charge is 0.416 e. The van der Waals surface area contributed by atoms with Gasteiger partial charge < -0.3 is 9.80 Å². The van der Waals surface area contributed by atoms with Crippen LogP contribution in [0.15, 0.2) is 115 Å². The summed E-state index contributed by atoms with van der Waals surface area (Å²) in [6.45, 7) is -0.445. The molecular weight excluding hydrogens is 558 g/mol. The van der Waals surface area contributed by atoms with Gasteiger partial charge in [-0.2, -0.15) is 13.2 Å². The van der Waals surface area contributed by atoms with E-state index in [-0.39, 0.29) is 25.2 Å². The molecule has 9 heteroatoms. The van der Waals surface area contributed by atoms with Gasteiger partial charge in [0.25, 0.3) is 0 Å². The van der Waals surface area contributed by atoms with Crippen LogP contribution in [0.3, 0.4) is 0 Å². The standard InChI is InChI=1S/C34H29F4N3O2/c1-39(30-15-8-6-12-27(30)25-10-3-2-4-11-25)33(43)40-21-9-16-31(28-13-5-7-14-29(28)34(36,37)38)41(32(42)23-40)22-24-17-19-26(35)20-18-24/h2-20,31H,21-23H2,1H3/b16-9-/t31-/m0/s1. The Morgan fingerprint density at radius 3 is 2.26 bits per heavy atom. The van der Waals surface area contributed by atoms with E-state index in [9.17, 15) is 27.2 Å². The Morgan fingerprint density at radius 2 is 1.53 bits per heavy atom. The van der Waals surface area contributed by atoms with Crippen molar-refractivity contribution in [1.82, 2.24) is 9.80 Å². The van der Waals surface area contributed by atoms with Gasteiger partial charge in [-0.25, -0.2) is 9.18 Å². The molecule has 0 radical (unpaired) electrons. The van der Waals surface area contributed by atoms with Crippen molar-refractivity contribution in [3.05, 3.63) is 138 Å². The Labute approximate surface area is 247 Å². The first-order chi connectivity index (χ1) is 20.6. The van der Waals surface area contributed by atoms with Gasteiger partial charge in [0.1, 0.15) is 12.4 Å². The highest BCUT2D eigenvalue weighted by Crippen LogP contribution is 2.38. The normalized spacial score (nSPS) is 16.4. The van der Waals surface area contributed by atoms with Gasteiger partial charge in [-0.15, -0.1) is 0 Å². The molecule has 0 aromatic heterocycles. The molecule has 43 heavy (non-hydrogen) atoms. The van der Waals surface area contributed by atoms with Crippen molar-refractivity contribution in [2.75, 3.05) is 25.0 Å². The second-order valence-electron chi connectivity index (χ2n) is 10.2. The van der Waals surface area contributed by atoms with E-state index in [1.54, 1.807) is 13.1 Å². The van der Waals surface area contributed by atoms with Gasteiger partial charge in [-0.05, 0) is 41.0 Å². The summed E-state index contributed by atoms with van der Waals surface area (Å²) in [6, 6.07) is 26.0. The van der Waals surface area contributed by atoms with Gasteiger partial charge in [0.2, 0.25) is 5.91 Å². The van der Waals surface area contributed by atoms with Crippen molar-refractivity contribution in [3.8, 4) is 11.1 Å². The maximum Gasteiger partial charge on any atom is 0.416 e. The van der Waals surface area contributed by atoms with Crippen molar-refractivity contribution >= 4 is 17.6 Å². The molecule has 0 saturated heterocycles. The number of amides is 3. The number of hydrogen-bond acceptors (Lipinski definition) is 2. The summed E-state index contributed by atoms with van der Waals surface area (Å²) in [7, 11) is 1.62. The molecule has 0 aliphatic carbocycles. The second-order valence-corrected chi connectivity index (χ2v) is 10.2. The molecule has 0 unspecified atom stereocenters. The molecule has 0 saturated carbocycles. The highest BCUT2D eigenvalue weighted by Gasteiger charge is 2.38. The third kappa shape index (κ3) is 6.61. The molecular formula is C34H29F4N3O2. The van der Waals surface area contributed by atoms with Crippen LogP contribution < -0.4 is 4.90 Å². The first-order valence-corrected chi connectivity index (χ1v) is 13.7. The Kier molecular flexibility index (Phi) is 8.61. The molecule has 1 aliphatic rings. The van der Waals surface area contributed by atoms with E-state index >= 15 is 0 Å². The summed E-state index contributed by atoms with van der Waals surface area (Å²) in [5.74, 6) is -1.02. The van der Waals surface area contributed by atoms with E-state index in [4.69, 9.17) is 0 Å². The summed E-state index contributed by atoms with van der Waals surface area (Å²) >= 11 is 0. The lowest BCUT2D eigenvalue weighted by molar-refractivity contribution is -0.141. The zero-order valence-electron chi connectivity index (χ0n) is 23.3. The van der Waals surface area contributed by atoms with Crippen LogP contribution >= 0.6 is 0 Å². The molecule has 1 heterocycles. The molecule has 1 aliphatic heterocycles. The number of urea groups is 1. The van der Waals surface area contributed by atoms with E-state index < -0.39 is 35.5 Å². The van der Waals surface area contributed by atoms with E-state index in [2.05, 4.69) is 0 Å². The van der Waals surface area contributed by atoms with Crippen LogP contribution in [-0.4, -0.2) is 41.9 Å². The van der Waals surface area contributed by atoms with Gasteiger partial charge in [-0.1, -0.05) is 91.0 Å². The number of nitrogens with zero attached hydrogens (tertiary/aromatic N) is 3. The lowest BCUT2D eigenvalue weighted by Crippen LogP contribution is -2.49. The maximum absolute atomic E-state index is 14.0. The van der Waals surface area contributed by atoms with Crippen molar-refractivity contribution in [2.24, 2.45) is 0 Å². The van der Waals surface area contributed by atoms with Gasteiger partial charge in [0.05, 0.1) is 17.3 Å². The SMILES string of the molecule is CN(C(=O)N1C/C=C\[C@@H](c2ccccc2C(F)(F)F)N(Cc2ccc(F)cc2)C(=O)C1)c1ccccc1-c1ccccc1. The minimum Gasteiger partial charge on any atom is -0.326 e. The van der Waals surface area contributed by atoms with Crippen molar-refractivity contribution in [3.63, 3.8) is 0 Å². The third-order valence-electron chi connectivity index (χ3n) is 7.39. The molecule has 5 rings (SSSR count). The van der Waals surface area contributed by atoms with Gasteiger partial charge in [0.15, 0.2) is 0 Å². The topological polar surface area (TPSA) is 43.9 Å². The Hall–Kier alpha value is -4.92. The Morgan fingerprint density at radius 1 is 0.884 bits per heavy atom. The van der Waals surface area contributed by atoms with Crippen LogP contribution in [0.25, 0.3) is 11.1 Å². The number of alkyl halides is 3. The summed E-state index contributed by atoms with van der Waals surface area (Å²) < 4.78 is 55.7. The molecule has 4 aromatic carbocycles. The number of carbonyl (C=O) groups excluding carboxylic acids is 2. The highest BCUT2D eigenvalue weighted by atomic mass is 19.4. The lowest BCUT2D eigenvalue weighted by Gasteiger charge is -2.36. The molecule has 0 bridgehead atoms.